The van der Waals surface area contributed by atoms with Crippen LogP contribution in [0.2, 0.25) is 0 Å². The summed E-state index contributed by atoms with van der Waals surface area (Å²) in [6.45, 7) is 1.69. The summed E-state index contributed by atoms with van der Waals surface area (Å²) in [4.78, 5) is 22.0. The van der Waals surface area contributed by atoms with Gasteiger partial charge in [0, 0.05) is 0 Å². The summed E-state index contributed by atoms with van der Waals surface area (Å²) in [7, 11) is 0. The van der Waals surface area contributed by atoms with Crippen molar-refractivity contribution >= 4 is 11.9 Å². The minimum atomic E-state index is -1.00. The van der Waals surface area contributed by atoms with Gasteiger partial charge in [0.05, 0.1) is 6.10 Å². The lowest BCUT2D eigenvalue weighted by Crippen LogP contribution is -2.42. The molecule has 0 aromatic rings. The molecule has 16 heavy (non-hydrogen) atoms. The topological polar surface area (TPSA) is 75.6 Å². The molecule has 0 bridgehead atoms. The number of amides is 1. The van der Waals surface area contributed by atoms with Crippen LogP contribution < -0.4 is 5.32 Å². The zero-order valence-corrected chi connectivity index (χ0v) is 9.57. The highest BCUT2D eigenvalue weighted by molar-refractivity contribution is 5.84. The van der Waals surface area contributed by atoms with Crippen molar-refractivity contribution in [1.29, 1.82) is 0 Å². The molecule has 0 spiro atoms. The van der Waals surface area contributed by atoms with Gasteiger partial charge in [-0.1, -0.05) is 19.8 Å². The number of aliphatic carboxylic acids is 1. The Morgan fingerprint density at radius 2 is 2.06 bits per heavy atom. The zero-order chi connectivity index (χ0) is 12.0. The molecule has 1 aliphatic carbocycles. The normalized spacial score (nSPS) is 18.3. The highest BCUT2D eigenvalue weighted by Crippen LogP contribution is 2.20. The maximum absolute atomic E-state index is 11.4. The molecule has 0 saturated heterocycles. The first-order valence-corrected chi connectivity index (χ1v) is 5.77. The molecule has 0 aliphatic heterocycles. The first-order valence-electron chi connectivity index (χ1n) is 5.77. The van der Waals surface area contributed by atoms with E-state index in [2.05, 4.69) is 5.32 Å². The number of ether oxygens (including phenoxy) is 1. The average molecular weight is 229 g/mol. The highest BCUT2D eigenvalue weighted by Gasteiger charge is 2.20. The predicted octanol–water partition coefficient (Wildman–Crippen LogP) is 0.925. The number of carboxylic acids is 1. The standard InChI is InChI=1S/C11H19NO4/c1-2-9(11(14)15)12-10(13)7-16-8-5-3-4-6-8/h8-9H,2-7H2,1H3,(H,12,13)(H,14,15). The lowest BCUT2D eigenvalue weighted by atomic mass is 10.2. The number of carbonyl (C=O) groups excluding carboxylic acids is 1. The van der Waals surface area contributed by atoms with E-state index in [0.29, 0.717) is 6.42 Å². The van der Waals surface area contributed by atoms with Gasteiger partial charge in [0.1, 0.15) is 12.6 Å². The Balaban J connectivity index is 2.21. The molecule has 1 amide bonds. The number of rotatable bonds is 6. The van der Waals surface area contributed by atoms with Crippen LogP contribution >= 0.6 is 0 Å². The van der Waals surface area contributed by atoms with Crippen molar-refractivity contribution in [2.24, 2.45) is 0 Å². The second-order valence-electron chi connectivity index (χ2n) is 4.08. The van der Waals surface area contributed by atoms with Gasteiger partial charge in [-0.25, -0.2) is 4.79 Å². The number of hydrogen-bond acceptors (Lipinski definition) is 3. The zero-order valence-electron chi connectivity index (χ0n) is 9.57. The van der Waals surface area contributed by atoms with E-state index in [9.17, 15) is 9.59 Å². The van der Waals surface area contributed by atoms with Crippen LogP contribution in [-0.4, -0.2) is 35.7 Å². The number of nitrogens with one attached hydrogen (secondary N) is 1. The molecule has 1 saturated carbocycles. The molecule has 1 aliphatic rings. The Hall–Kier alpha value is -1.10. The molecule has 0 heterocycles. The summed E-state index contributed by atoms with van der Waals surface area (Å²) in [5.74, 6) is -1.35. The first-order chi connectivity index (χ1) is 7.63. The van der Waals surface area contributed by atoms with Gasteiger partial charge in [0.25, 0.3) is 0 Å². The minimum Gasteiger partial charge on any atom is -0.480 e. The fraction of sp³-hybridized carbons (Fsp3) is 0.818. The number of hydrogen-bond donors (Lipinski definition) is 2. The molecule has 0 radical (unpaired) electrons. The van der Waals surface area contributed by atoms with E-state index in [0.717, 1.165) is 25.7 Å². The monoisotopic (exact) mass is 229 g/mol. The van der Waals surface area contributed by atoms with Gasteiger partial charge in [-0.15, -0.1) is 0 Å². The van der Waals surface area contributed by atoms with E-state index in [-0.39, 0.29) is 18.6 Å². The van der Waals surface area contributed by atoms with Gasteiger partial charge >= 0.3 is 5.97 Å². The van der Waals surface area contributed by atoms with Gasteiger partial charge < -0.3 is 15.2 Å². The van der Waals surface area contributed by atoms with Crippen molar-refractivity contribution < 1.29 is 19.4 Å². The van der Waals surface area contributed by atoms with Crippen LogP contribution in [0.3, 0.4) is 0 Å². The Labute approximate surface area is 95.2 Å². The van der Waals surface area contributed by atoms with Gasteiger partial charge in [0.2, 0.25) is 5.91 Å². The highest BCUT2D eigenvalue weighted by atomic mass is 16.5. The van der Waals surface area contributed by atoms with E-state index >= 15 is 0 Å². The van der Waals surface area contributed by atoms with E-state index in [1.54, 1.807) is 6.92 Å². The SMILES string of the molecule is CCC(NC(=O)COC1CCCC1)C(=O)O. The Morgan fingerprint density at radius 1 is 1.44 bits per heavy atom. The molecular formula is C11H19NO4. The molecule has 92 valence electrons. The predicted molar refractivity (Wildman–Crippen MR) is 58.1 cm³/mol. The molecular weight excluding hydrogens is 210 g/mol. The van der Waals surface area contributed by atoms with Crippen molar-refractivity contribution in [3.8, 4) is 0 Å². The molecule has 1 unspecified atom stereocenters. The summed E-state index contributed by atoms with van der Waals surface area (Å²) in [6.07, 6.45) is 4.87. The molecule has 0 aromatic heterocycles. The van der Waals surface area contributed by atoms with E-state index < -0.39 is 12.0 Å². The average Bonchev–Trinajstić information content (AvgIpc) is 2.75. The Kier molecular flexibility index (Phi) is 5.25. The maximum Gasteiger partial charge on any atom is 0.326 e. The summed E-state index contributed by atoms with van der Waals surface area (Å²) in [5.41, 5.74) is 0. The number of carboxylic acid groups (broad SMARTS) is 1. The molecule has 1 fully saturated rings. The maximum atomic E-state index is 11.4. The third-order valence-electron chi connectivity index (χ3n) is 2.79. The van der Waals surface area contributed by atoms with Crippen LogP contribution in [0.4, 0.5) is 0 Å². The molecule has 5 nitrogen and oxygen atoms in total. The van der Waals surface area contributed by atoms with Crippen LogP contribution in [0.25, 0.3) is 0 Å². The van der Waals surface area contributed by atoms with Crippen LogP contribution in [0.5, 0.6) is 0 Å². The lowest BCUT2D eigenvalue weighted by Gasteiger charge is -2.14. The van der Waals surface area contributed by atoms with Crippen molar-refractivity contribution in [2.75, 3.05) is 6.61 Å². The third kappa shape index (κ3) is 4.18. The molecule has 1 atom stereocenters. The van der Waals surface area contributed by atoms with Crippen LogP contribution in [0, 0.1) is 0 Å². The number of carbonyl (C=O) groups is 2. The molecule has 0 aromatic carbocycles. The smallest absolute Gasteiger partial charge is 0.326 e. The van der Waals surface area contributed by atoms with E-state index in [4.69, 9.17) is 9.84 Å². The molecule has 2 N–H and O–H groups in total. The minimum absolute atomic E-state index is 0.0333. The summed E-state index contributed by atoms with van der Waals surface area (Å²) in [6, 6.07) is -0.806. The summed E-state index contributed by atoms with van der Waals surface area (Å²) in [5, 5.41) is 11.2. The van der Waals surface area contributed by atoms with Crippen molar-refractivity contribution in [3.05, 3.63) is 0 Å². The van der Waals surface area contributed by atoms with Crippen molar-refractivity contribution in [3.63, 3.8) is 0 Å². The quantitative estimate of drug-likeness (QED) is 0.710. The third-order valence-corrected chi connectivity index (χ3v) is 2.79. The van der Waals surface area contributed by atoms with Gasteiger partial charge in [-0.2, -0.15) is 0 Å². The largest absolute Gasteiger partial charge is 0.480 e. The van der Waals surface area contributed by atoms with Gasteiger partial charge in [0.15, 0.2) is 0 Å². The van der Waals surface area contributed by atoms with Crippen molar-refractivity contribution in [2.45, 2.75) is 51.2 Å². The fourth-order valence-electron chi connectivity index (χ4n) is 1.82. The van der Waals surface area contributed by atoms with Gasteiger partial charge in [-0.05, 0) is 19.3 Å². The Bertz CT molecular complexity index is 248. The van der Waals surface area contributed by atoms with E-state index in [1.807, 2.05) is 0 Å². The van der Waals surface area contributed by atoms with Crippen LogP contribution in [0.15, 0.2) is 0 Å². The Morgan fingerprint density at radius 3 is 2.56 bits per heavy atom. The fourth-order valence-corrected chi connectivity index (χ4v) is 1.82. The second kappa shape index (κ2) is 6.48. The molecule has 5 heteroatoms. The van der Waals surface area contributed by atoms with Gasteiger partial charge in [-0.3, -0.25) is 4.79 Å². The first kappa shape index (κ1) is 13.0. The van der Waals surface area contributed by atoms with Crippen molar-refractivity contribution in [1.82, 2.24) is 5.32 Å². The van der Waals surface area contributed by atoms with E-state index in [1.165, 1.54) is 0 Å². The molecule has 1 rings (SSSR count). The lowest BCUT2D eigenvalue weighted by molar-refractivity contribution is -0.143. The van der Waals surface area contributed by atoms with Crippen LogP contribution in [-0.2, 0) is 14.3 Å². The van der Waals surface area contributed by atoms with Crippen LogP contribution in [0.1, 0.15) is 39.0 Å². The summed E-state index contributed by atoms with van der Waals surface area (Å²) >= 11 is 0. The second-order valence-corrected chi connectivity index (χ2v) is 4.08. The summed E-state index contributed by atoms with van der Waals surface area (Å²) < 4.78 is 5.38.